The van der Waals surface area contributed by atoms with Crippen LogP contribution in [0, 0.1) is 11.8 Å². The predicted octanol–water partition coefficient (Wildman–Crippen LogP) is 1.68. The lowest BCUT2D eigenvalue weighted by atomic mass is 10.1. The highest BCUT2D eigenvalue weighted by Gasteiger charge is 2.32. The predicted molar refractivity (Wildman–Crippen MR) is 67.3 cm³/mol. The number of hydrogen-bond acceptors (Lipinski definition) is 2. The van der Waals surface area contributed by atoms with Crippen LogP contribution in [-0.4, -0.2) is 41.1 Å². The molecule has 1 aliphatic heterocycles. The van der Waals surface area contributed by atoms with E-state index in [0.29, 0.717) is 18.8 Å². The zero-order valence-electron chi connectivity index (χ0n) is 10.9. The zero-order chi connectivity index (χ0) is 13.1. The van der Waals surface area contributed by atoms with Crippen molar-refractivity contribution in [2.45, 2.75) is 45.1 Å². The van der Waals surface area contributed by atoms with Crippen LogP contribution in [0.2, 0.25) is 0 Å². The molecule has 0 radical (unpaired) electrons. The number of nitrogens with zero attached hydrogens (tertiary/aromatic N) is 1. The standard InChI is InChI=1S/C13H22N2O3/c1-2-9-5-6-15(8-9)13(18)14-11-4-3-10(7-11)12(16)17/h9-11H,2-8H2,1H3,(H,14,18)(H,16,17). The second-order valence-corrected chi connectivity index (χ2v) is 5.50. The van der Waals surface area contributed by atoms with Gasteiger partial charge in [-0.25, -0.2) is 4.79 Å². The molecule has 102 valence electrons. The van der Waals surface area contributed by atoms with Crippen LogP contribution in [0.3, 0.4) is 0 Å². The van der Waals surface area contributed by atoms with Crippen molar-refractivity contribution in [1.29, 1.82) is 0 Å². The number of aliphatic carboxylic acids is 1. The van der Waals surface area contributed by atoms with Crippen LogP contribution >= 0.6 is 0 Å². The Balaban J connectivity index is 1.77. The molecule has 0 aromatic rings. The fraction of sp³-hybridized carbons (Fsp3) is 0.846. The lowest BCUT2D eigenvalue weighted by Gasteiger charge is -2.20. The molecule has 2 amide bonds. The first-order valence-electron chi connectivity index (χ1n) is 6.88. The normalized spacial score (nSPS) is 31.6. The summed E-state index contributed by atoms with van der Waals surface area (Å²) in [6, 6.07) is 0.0289. The number of carboxylic acid groups (broad SMARTS) is 1. The molecular formula is C13H22N2O3. The molecule has 3 unspecified atom stereocenters. The lowest BCUT2D eigenvalue weighted by molar-refractivity contribution is -0.141. The van der Waals surface area contributed by atoms with Gasteiger partial charge in [-0.15, -0.1) is 0 Å². The van der Waals surface area contributed by atoms with Crippen molar-refractivity contribution in [2.24, 2.45) is 11.8 Å². The number of urea groups is 1. The van der Waals surface area contributed by atoms with Crippen LogP contribution in [0.4, 0.5) is 4.79 Å². The van der Waals surface area contributed by atoms with E-state index in [1.165, 1.54) is 0 Å². The van der Waals surface area contributed by atoms with E-state index in [0.717, 1.165) is 32.4 Å². The Morgan fingerprint density at radius 3 is 2.67 bits per heavy atom. The molecule has 1 aliphatic carbocycles. The quantitative estimate of drug-likeness (QED) is 0.805. The van der Waals surface area contributed by atoms with E-state index in [-0.39, 0.29) is 18.0 Å². The number of likely N-dealkylation sites (tertiary alicyclic amines) is 1. The summed E-state index contributed by atoms with van der Waals surface area (Å²) in [5, 5.41) is 11.9. The van der Waals surface area contributed by atoms with Gasteiger partial charge in [0.25, 0.3) is 0 Å². The molecule has 1 saturated carbocycles. The lowest BCUT2D eigenvalue weighted by Crippen LogP contribution is -2.43. The van der Waals surface area contributed by atoms with Crippen LogP contribution in [-0.2, 0) is 4.79 Å². The van der Waals surface area contributed by atoms with Crippen molar-refractivity contribution in [1.82, 2.24) is 10.2 Å². The first-order chi connectivity index (χ1) is 8.60. The van der Waals surface area contributed by atoms with E-state index in [9.17, 15) is 9.59 Å². The molecule has 1 heterocycles. The van der Waals surface area contributed by atoms with Crippen LogP contribution < -0.4 is 5.32 Å². The van der Waals surface area contributed by atoms with E-state index in [1.807, 2.05) is 4.90 Å². The van der Waals surface area contributed by atoms with Crippen LogP contribution in [0.5, 0.6) is 0 Å². The number of carboxylic acids is 1. The SMILES string of the molecule is CCC1CCN(C(=O)NC2CCC(C(=O)O)C2)C1. The van der Waals surface area contributed by atoms with E-state index < -0.39 is 5.97 Å². The third-order valence-corrected chi connectivity index (χ3v) is 4.26. The van der Waals surface area contributed by atoms with Gasteiger partial charge in [0.15, 0.2) is 0 Å². The Hall–Kier alpha value is -1.26. The van der Waals surface area contributed by atoms with Gasteiger partial charge >= 0.3 is 12.0 Å². The minimum absolute atomic E-state index is 0.0120. The Labute approximate surface area is 108 Å². The maximum Gasteiger partial charge on any atom is 0.317 e. The minimum Gasteiger partial charge on any atom is -0.481 e. The fourth-order valence-corrected chi connectivity index (χ4v) is 2.95. The molecule has 2 N–H and O–H groups in total. The molecule has 2 rings (SSSR count). The van der Waals surface area contributed by atoms with Crippen molar-refractivity contribution in [3.8, 4) is 0 Å². The highest BCUT2D eigenvalue weighted by molar-refractivity contribution is 5.75. The highest BCUT2D eigenvalue weighted by Crippen LogP contribution is 2.26. The number of carbonyl (C=O) groups excluding carboxylic acids is 1. The monoisotopic (exact) mass is 254 g/mol. The second kappa shape index (κ2) is 5.59. The van der Waals surface area contributed by atoms with Crippen LogP contribution in [0.25, 0.3) is 0 Å². The van der Waals surface area contributed by atoms with Gasteiger partial charge in [-0.1, -0.05) is 13.3 Å². The first-order valence-corrected chi connectivity index (χ1v) is 6.88. The Bertz CT molecular complexity index is 332. The zero-order valence-corrected chi connectivity index (χ0v) is 10.9. The Morgan fingerprint density at radius 2 is 2.11 bits per heavy atom. The molecule has 0 spiro atoms. The van der Waals surface area contributed by atoms with Crippen molar-refractivity contribution >= 4 is 12.0 Å². The largest absolute Gasteiger partial charge is 0.481 e. The molecule has 5 heteroatoms. The highest BCUT2D eigenvalue weighted by atomic mass is 16.4. The smallest absolute Gasteiger partial charge is 0.317 e. The van der Waals surface area contributed by atoms with Gasteiger partial charge < -0.3 is 15.3 Å². The average Bonchev–Trinajstić information content (AvgIpc) is 2.96. The van der Waals surface area contributed by atoms with Gasteiger partial charge in [-0.05, 0) is 31.6 Å². The summed E-state index contributed by atoms with van der Waals surface area (Å²) < 4.78 is 0. The summed E-state index contributed by atoms with van der Waals surface area (Å²) in [6.07, 6.45) is 4.25. The Morgan fingerprint density at radius 1 is 1.33 bits per heavy atom. The maximum absolute atomic E-state index is 12.0. The van der Waals surface area contributed by atoms with Gasteiger partial charge in [-0.3, -0.25) is 4.79 Å². The third kappa shape index (κ3) is 2.94. The third-order valence-electron chi connectivity index (χ3n) is 4.26. The molecule has 2 aliphatic rings. The summed E-state index contributed by atoms with van der Waals surface area (Å²) in [5.41, 5.74) is 0. The molecule has 18 heavy (non-hydrogen) atoms. The summed E-state index contributed by atoms with van der Waals surface area (Å²) in [7, 11) is 0. The summed E-state index contributed by atoms with van der Waals surface area (Å²) >= 11 is 0. The molecule has 5 nitrogen and oxygen atoms in total. The van der Waals surface area contributed by atoms with Gasteiger partial charge in [0.2, 0.25) is 0 Å². The molecule has 3 atom stereocenters. The summed E-state index contributed by atoms with van der Waals surface area (Å²) in [6.45, 7) is 3.83. The molecule has 0 bridgehead atoms. The fourth-order valence-electron chi connectivity index (χ4n) is 2.95. The van der Waals surface area contributed by atoms with E-state index in [1.54, 1.807) is 0 Å². The number of amides is 2. The molecule has 1 saturated heterocycles. The van der Waals surface area contributed by atoms with Crippen LogP contribution in [0.1, 0.15) is 39.0 Å². The van der Waals surface area contributed by atoms with Gasteiger partial charge in [0.05, 0.1) is 5.92 Å². The van der Waals surface area contributed by atoms with E-state index >= 15 is 0 Å². The Kier molecular flexibility index (Phi) is 4.09. The van der Waals surface area contributed by atoms with Crippen molar-refractivity contribution in [3.05, 3.63) is 0 Å². The van der Waals surface area contributed by atoms with Crippen molar-refractivity contribution < 1.29 is 14.7 Å². The van der Waals surface area contributed by atoms with E-state index in [2.05, 4.69) is 12.2 Å². The van der Waals surface area contributed by atoms with Gasteiger partial charge in [-0.2, -0.15) is 0 Å². The van der Waals surface area contributed by atoms with Crippen molar-refractivity contribution in [3.63, 3.8) is 0 Å². The molecular weight excluding hydrogens is 232 g/mol. The number of nitrogens with one attached hydrogen (secondary N) is 1. The molecule has 0 aromatic carbocycles. The summed E-state index contributed by atoms with van der Waals surface area (Å²) in [4.78, 5) is 24.7. The van der Waals surface area contributed by atoms with Gasteiger partial charge in [0.1, 0.15) is 0 Å². The summed E-state index contributed by atoms with van der Waals surface area (Å²) in [5.74, 6) is -0.387. The average molecular weight is 254 g/mol. The number of rotatable bonds is 3. The molecule has 2 fully saturated rings. The van der Waals surface area contributed by atoms with Crippen molar-refractivity contribution in [2.75, 3.05) is 13.1 Å². The second-order valence-electron chi connectivity index (χ2n) is 5.50. The maximum atomic E-state index is 12.0. The van der Waals surface area contributed by atoms with Crippen LogP contribution in [0.15, 0.2) is 0 Å². The van der Waals surface area contributed by atoms with E-state index in [4.69, 9.17) is 5.11 Å². The minimum atomic E-state index is -0.737. The molecule has 0 aromatic heterocycles. The van der Waals surface area contributed by atoms with Gasteiger partial charge in [0, 0.05) is 19.1 Å². The number of carbonyl (C=O) groups is 2. The topological polar surface area (TPSA) is 69.6 Å². The number of hydrogen-bond donors (Lipinski definition) is 2. The first kappa shape index (κ1) is 13.2.